The molecular formula is C13H24N4O. The van der Waals surface area contributed by atoms with Crippen LogP contribution in [0.15, 0.2) is 0 Å². The van der Waals surface area contributed by atoms with E-state index in [1.807, 2.05) is 0 Å². The van der Waals surface area contributed by atoms with Gasteiger partial charge in [-0.2, -0.15) is 0 Å². The molecule has 3 saturated heterocycles. The number of fused-ring (bicyclic) bond motifs is 1. The Kier molecular flexibility index (Phi) is 3.30. The fourth-order valence-electron chi connectivity index (χ4n) is 4.16. The van der Waals surface area contributed by atoms with Crippen molar-refractivity contribution in [1.82, 2.24) is 15.1 Å². The summed E-state index contributed by atoms with van der Waals surface area (Å²) in [5.74, 6) is -0.0983. The number of nitrogens with zero attached hydrogens (tertiary/aromatic N) is 2. The quantitative estimate of drug-likeness (QED) is 0.687. The second kappa shape index (κ2) is 4.79. The lowest BCUT2D eigenvalue weighted by Gasteiger charge is -2.47. The van der Waals surface area contributed by atoms with Gasteiger partial charge in [0.2, 0.25) is 5.91 Å². The Labute approximate surface area is 109 Å². The summed E-state index contributed by atoms with van der Waals surface area (Å²) >= 11 is 0. The van der Waals surface area contributed by atoms with Crippen LogP contribution in [0.5, 0.6) is 0 Å². The van der Waals surface area contributed by atoms with E-state index in [-0.39, 0.29) is 11.4 Å². The molecule has 3 rings (SSSR count). The normalized spacial score (nSPS) is 38.6. The number of nitrogens with two attached hydrogens (primary N) is 1. The lowest BCUT2D eigenvalue weighted by molar-refractivity contribution is -0.133. The number of hydrogen-bond acceptors (Lipinski definition) is 4. The van der Waals surface area contributed by atoms with Crippen molar-refractivity contribution in [2.24, 2.45) is 5.73 Å². The number of primary amides is 1. The zero-order chi connectivity index (χ0) is 12.6. The van der Waals surface area contributed by atoms with Crippen LogP contribution in [-0.4, -0.2) is 66.6 Å². The smallest absolute Gasteiger partial charge is 0.239 e. The van der Waals surface area contributed by atoms with Crippen molar-refractivity contribution in [3.63, 3.8) is 0 Å². The lowest BCUT2D eigenvalue weighted by Crippen LogP contribution is -2.67. The van der Waals surface area contributed by atoms with Crippen LogP contribution in [0.4, 0.5) is 0 Å². The Morgan fingerprint density at radius 2 is 1.94 bits per heavy atom. The highest BCUT2D eigenvalue weighted by Gasteiger charge is 2.55. The molecular weight excluding hydrogens is 228 g/mol. The highest BCUT2D eigenvalue weighted by molar-refractivity contribution is 5.86. The number of rotatable bonds is 2. The van der Waals surface area contributed by atoms with E-state index >= 15 is 0 Å². The van der Waals surface area contributed by atoms with Crippen LogP contribution in [-0.2, 0) is 4.79 Å². The van der Waals surface area contributed by atoms with Crippen LogP contribution in [0.3, 0.4) is 0 Å². The molecule has 0 saturated carbocycles. The molecule has 3 aliphatic rings. The summed E-state index contributed by atoms with van der Waals surface area (Å²) in [6, 6.07) is 0.363. The molecule has 3 N–H and O–H groups in total. The molecule has 0 radical (unpaired) electrons. The molecule has 1 amide bonds. The largest absolute Gasteiger partial charge is 0.368 e. The minimum absolute atomic E-state index is 0.0983. The van der Waals surface area contributed by atoms with Gasteiger partial charge >= 0.3 is 0 Å². The summed E-state index contributed by atoms with van der Waals surface area (Å²) in [5.41, 5.74) is 5.46. The molecule has 5 nitrogen and oxygen atoms in total. The molecule has 102 valence electrons. The molecule has 2 unspecified atom stereocenters. The fraction of sp³-hybridized carbons (Fsp3) is 0.923. The van der Waals surface area contributed by atoms with Gasteiger partial charge < -0.3 is 11.1 Å². The van der Waals surface area contributed by atoms with Crippen LogP contribution in [0.1, 0.15) is 25.7 Å². The zero-order valence-corrected chi connectivity index (χ0v) is 11.0. The predicted octanol–water partition coefficient (Wildman–Crippen LogP) is -0.626. The average Bonchev–Trinajstić information content (AvgIpc) is 2.80. The third-order valence-corrected chi connectivity index (χ3v) is 5.05. The lowest BCUT2D eigenvalue weighted by atomic mass is 9.82. The maximum absolute atomic E-state index is 12.2. The topological polar surface area (TPSA) is 61.6 Å². The standard InChI is InChI=1S/C13H24N4O/c14-12(18)13(17-9-5-15-6-10-17)4-8-16-7-2-1-3-11(13)16/h11,15H,1-10H2,(H2,14,18). The van der Waals surface area contributed by atoms with Gasteiger partial charge in [0, 0.05) is 38.8 Å². The van der Waals surface area contributed by atoms with Crippen molar-refractivity contribution in [2.45, 2.75) is 37.3 Å². The fourth-order valence-corrected chi connectivity index (χ4v) is 4.16. The van der Waals surface area contributed by atoms with E-state index in [4.69, 9.17) is 5.73 Å². The van der Waals surface area contributed by atoms with Crippen molar-refractivity contribution < 1.29 is 4.79 Å². The van der Waals surface area contributed by atoms with E-state index in [0.717, 1.165) is 52.1 Å². The number of carbonyl (C=O) groups excluding carboxylic acids is 1. The summed E-state index contributed by atoms with van der Waals surface area (Å²) in [6.07, 6.45) is 4.56. The van der Waals surface area contributed by atoms with Crippen molar-refractivity contribution >= 4 is 5.91 Å². The first-order valence-electron chi connectivity index (χ1n) is 7.25. The Hall–Kier alpha value is -0.650. The first-order valence-corrected chi connectivity index (χ1v) is 7.25. The molecule has 2 atom stereocenters. The first kappa shape index (κ1) is 12.4. The van der Waals surface area contributed by atoms with Crippen LogP contribution in [0, 0.1) is 0 Å². The van der Waals surface area contributed by atoms with Crippen LogP contribution in [0.25, 0.3) is 0 Å². The average molecular weight is 252 g/mol. The monoisotopic (exact) mass is 252 g/mol. The van der Waals surface area contributed by atoms with E-state index in [0.29, 0.717) is 6.04 Å². The second-order valence-corrected chi connectivity index (χ2v) is 5.82. The summed E-state index contributed by atoms with van der Waals surface area (Å²) in [7, 11) is 0. The molecule has 0 spiro atoms. The number of piperidine rings is 1. The number of nitrogens with one attached hydrogen (secondary N) is 1. The summed E-state index contributed by atoms with van der Waals surface area (Å²) in [6.45, 7) is 6.04. The molecule has 0 aromatic carbocycles. The third kappa shape index (κ3) is 1.76. The molecule has 0 bridgehead atoms. The summed E-state index contributed by atoms with van der Waals surface area (Å²) in [4.78, 5) is 17.1. The van der Waals surface area contributed by atoms with Crippen LogP contribution >= 0.6 is 0 Å². The third-order valence-electron chi connectivity index (χ3n) is 5.05. The summed E-state index contributed by atoms with van der Waals surface area (Å²) in [5, 5.41) is 3.36. The maximum Gasteiger partial charge on any atom is 0.239 e. The van der Waals surface area contributed by atoms with Crippen molar-refractivity contribution in [2.75, 3.05) is 39.3 Å². The number of amides is 1. The first-order chi connectivity index (χ1) is 8.75. The van der Waals surface area contributed by atoms with E-state index < -0.39 is 0 Å². The molecule has 3 aliphatic heterocycles. The second-order valence-electron chi connectivity index (χ2n) is 5.82. The molecule has 5 heteroatoms. The van der Waals surface area contributed by atoms with Gasteiger partial charge in [-0.25, -0.2) is 0 Å². The zero-order valence-electron chi connectivity index (χ0n) is 11.0. The molecule has 0 aromatic rings. The Bertz CT molecular complexity index is 329. The van der Waals surface area contributed by atoms with E-state index in [9.17, 15) is 4.79 Å². The maximum atomic E-state index is 12.2. The Morgan fingerprint density at radius 3 is 2.67 bits per heavy atom. The molecule has 0 aromatic heterocycles. The van der Waals surface area contributed by atoms with Gasteiger partial charge in [-0.05, 0) is 25.8 Å². The van der Waals surface area contributed by atoms with Gasteiger partial charge in [0.05, 0.1) is 0 Å². The highest BCUT2D eigenvalue weighted by atomic mass is 16.1. The molecule has 3 fully saturated rings. The van der Waals surface area contributed by atoms with Crippen molar-refractivity contribution in [1.29, 1.82) is 0 Å². The summed E-state index contributed by atoms with van der Waals surface area (Å²) < 4.78 is 0. The van der Waals surface area contributed by atoms with E-state index in [1.54, 1.807) is 0 Å². The molecule has 3 heterocycles. The Balaban J connectivity index is 1.88. The van der Waals surface area contributed by atoms with Gasteiger partial charge in [0.25, 0.3) is 0 Å². The van der Waals surface area contributed by atoms with Gasteiger partial charge in [-0.15, -0.1) is 0 Å². The van der Waals surface area contributed by atoms with Gasteiger partial charge in [0.15, 0.2) is 0 Å². The van der Waals surface area contributed by atoms with E-state index in [1.165, 1.54) is 12.8 Å². The number of hydrogen-bond donors (Lipinski definition) is 2. The molecule has 0 aliphatic carbocycles. The SMILES string of the molecule is NC(=O)C1(N2CCNCC2)CCN2CCCCC21. The van der Waals surface area contributed by atoms with Gasteiger partial charge in [0.1, 0.15) is 5.54 Å². The van der Waals surface area contributed by atoms with Crippen molar-refractivity contribution in [3.8, 4) is 0 Å². The predicted molar refractivity (Wildman–Crippen MR) is 70.2 cm³/mol. The molecule has 18 heavy (non-hydrogen) atoms. The van der Waals surface area contributed by atoms with Gasteiger partial charge in [-0.1, -0.05) is 6.42 Å². The van der Waals surface area contributed by atoms with Gasteiger partial charge in [-0.3, -0.25) is 14.6 Å². The number of carbonyl (C=O) groups is 1. The van der Waals surface area contributed by atoms with Crippen LogP contribution in [0.2, 0.25) is 0 Å². The minimum Gasteiger partial charge on any atom is -0.368 e. The van der Waals surface area contributed by atoms with Crippen molar-refractivity contribution in [3.05, 3.63) is 0 Å². The van der Waals surface area contributed by atoms with Crippen LogP contribution < -0.4 is 11.1 Å². The highest BCUT2D eigenvalue weighted by Crippen LogP contribution is 2.39. The number of piperazine rings is 1. The Morgan fingerprint density at radius 1 is 1.17 bits per heavy atom. The minimum atomic E-state index is -0.386. The van der Waals surface area contributed by atoms with E-state index in [2.05, 4.69) is 15.1 Å².